The predicted molar refractivity (Wildman–Crippen MR) is 88.2 cm³/mol. The van der Waals surface area contributed by atoms with Crippen LogP contribution in [0.4, 0.5) is 0 Å². The number of rotatable bonds is 5. The number of aromatic amines is 1. The molecule has 3 rings (SSSR count). The number of carbonyl (C=O) groups excluding carboxylic acids is 1. The maximum atomic E-state index is 12.7. The molecule has 122 valence electrons. The van der Waals surface area contributed by atoms with Gasteiger partial charge in [0.2, 0.25) is 5.91 Å². The van der Waals surface area contributed by atoms with Gasteiger partial charge in [-0.2, -0.15) is 0 Å². The van der Waals surface area contributed by atoms with E-state index in [0.717, 1.165) is 42.9 Å². The zero-order valence-corrected chi connectivity index (χ0v) is 13.5. The van der Waals surface area contributed by atoms with E-state index in [-0.39, 0.29) is 11.9 Å². The molecule has 1 aliphatic rings. The van der Waals surface area contributed by atoms with Gasteiger partial charge in [0, 0.05) is 25.4 Å². The first kappa shape index (κ1) is 15.6. The van der Waals surface area contributed by atoms with E-state index in [9.17, 15) is 4.79 Å². The Morgan fingerprint density at radius 1 is 1.39 bits per heavy atom. The van der Waals surface area contributed by atoms with Crippen LogP contribution < -0.4 is 4.74 Å². The highest BCUT2D eigenvalue weighted by Crippen LogP contribution is 2.29. The van der Waals surface area contributed by atoms with E-state index in [2.05, 4.69) is 9.97 Å². The molecule has 1 aromatic heterocycles. The minimum absolute atomic E-state index is 0.0870. The van der Waals surface area contributed by atoms with Gasteiger partial charge in [-0.25, -0.2) is 4.98 Å². The Balaban J connectivity index is 1.66. The molecular weight excluding hydrogens is 290 g/mol. The first-order valence-corrected chi connectivity index (χ1v) is 8.20. The summed E-state index contributed by atoms with van der Waals surface area (Å²) in [5.74, 6) is 1.94. The molecule has 0 bridgehead atoms. The van der Waals surface area contributed by atoms with Crippen LogP contribution >= 0.6 is 0 Å². The molecule has 0 spiro atoms. The van der Waals surface area contributed by atoms with Crippen molar-refractivity contribution in [2.45, 2.75) is 38.1 Å². The lowest BCUT2D eigenvalue weighted by Crippen LogP contribution is -2.39. The second-order valence-electron chi connectivity index (χ2n) is 5.88. The second-order valence-corrected chi connectivity index (χ2v) is 5.88. The van der Waals surface area contributed by atoms with Gasteiger partial charge in [0.25, 0.3) is 0 Å². The van der Waals surface area contributed by atoms with Crippen molar-refractivity contribution < 1.29 is 9.53 Å². The molecule has 0 saturated carbocycles. The molecule has 1 fully saturated rings. The van der Waals surface area contributed by atoms with Crippen LogP contribution in [0.1, 0.15) is 43.1 Å². The molecular formula is C18H23N3O2. The normalized spacial score (nSPS) is 18.0. The van der Waals surface area contributed by atoms with Gasteiger partial charge in [0.05, 0.1) is 13.2 Å². The van der Waals surface area contributed by atoms with Gasteiger partial charge in [-0.15, -0.1) is 0 Å². The Morgan fingerprint density at radius 2 is 2.26 bits per heavy atom. The SMILES string of the molecule is COc1ccccc1CCC(=O)N1CCCC[C@@H]1c1ncc[nH]1. The van der Waals surface area contributed by atoms with E-state index in [1.165, 1.54) is 0 Å². The van der Waals surface area contributed by atoms with Crippen molar-refractivity contribution in [2.24, 2.45) is 0 Å². The summed E-state index contributed by atoms with van der Waals surface area (Å²) in [5.41, 5.74) is 1.08. The second kappa shape index (κ2) is 7.31. The average Bonchev–Trinajstić information content (AvgIpc) is 3.14. The predicted octanol–water partition coefficient (Wildman–Crippen LogP) is 3.10. The molecule has 1 amide bonds. The number of H-pyrrole nitrogens is 1. The van der Waals surface area contributed by atoms with Crippen molar-refractivity contribution in [3.63, 3.8) is 0 Å². The summed E-state index contributed by atoms with van der Waals surface area (Å²) in [5, 5.41) is 0. The molecule has 0 unspecified atom stereocenters. The third kappa shape index (κ3) is 3.55. The highest BCUT2D eigenvalue weighted by Gasteiger charge is 2.29. The molecule has 1 atom stereocenters. The fourth-order valence-corrected chi connectivity index (χ4v) is 3.27. The fourth-order valence-electron chi connectivity index (χ4n) is 3.27. The van der Waals surface area contributed by atoms with Crippen LogP contribution in [0.3, 0.4) is 0 Å². The minimum Gasteiger partial charge on any atom is -0.496 e. The molecule has 23 heavy (non-hydrogen) atoms. The number of likely N-dealkylation sites (tertiary alicyclic amines) is 1. The molecule has 5 heteroatoms. The number of ether oxygens (including phenoxy) is 1. The third-order valence-electron chi connectivity index (χ3n) is 4.46. The van der Waals surface area contributed by atoms with Gasteiger partial charge < -0.3 is 14.6 Å². The van der Waals surface area contributed by atoms with Crippen molar-refractivity contribution in [2.75, 3.05) is 13.7 Å². The first-order valence-electron chi connectivity index (χ1n) is 8.20. The Labute approximate surface area is 136 Å². The largest absolute Gasteiger partial charge is 0.496 e. The van der Waals surface area contributed by atoms with Crippen LogP contribution in [-0.4, -0.2) is 34.4 Å². The van der Waals surface area contributed by atoms with Gasteiger partial charge in [-0.05, 0) is 37.3 Å². The van der Waals surface area contributed by atoms with Gasteiger partial charge in [-0.3, -0.25) is 4.79 Å². The zero-order valence-electron chi connectivity index (χ0n) is 13.5. The van der Waals surface area contributed by atoms with Crippen molar-refractivity contribution in [3.05, 3.63) is 48.0 Å². The van der Waals surface area contributed by atoms with E-state index in [1.54, 1.807) is 13.3 Å². The Kier molecular flexibility index (Phi) is 4.95. The van der Waals surface area contributed by atoms with Gasteiger partial charge in [-0.1, -0.05) is 18.2 Å². The summed E-state index contributed by atoms with van der Waals surface area (Å²) in [6, 6.07) is 7.97. The number of methoxy groups -OCH3 is 1. The smallest absolute Gasteiger partial charge is 0.223 e. The molecule has 1 aliphatic heterocycles. The van der Waals surface area contributed by atoms with E-state index >= 15 is 0 Å². The van der Waals surface area contributed by atoms with E-state index in [4.69, 9.17) is 4.74 Å². The standard InChI is InChI=1S/C18H23N3O2/c1-23-16-8-3-2-6-14(16)9-10-17(22)21-13-5-4-7-15(21)18-19-11-12-20-18/h2-3,6,8,11-12,15H,4-5,7,9-10,13H2,1H3,(H,19,20)/t15-/m1/s1. The number of nitrogens with zero attached hydrogens (tertiary/aromatic N) is 2. The van der Waals surface area contributed by atoms with Crippen molar-refractivity contribution in [3.8, 4) is 5.75 Å². The Hall–Kier alpha value is -2.30. The summed E-state index contributed by atoms with van der Waals surface area (Å²) in [6.07, 6.45) is 7.96. The number of hydrogen-bond acceptors (Lipinski definition) is 3. The number of benzene rings is 1. The maximum Gasteiger partial charge on any atom is 0.223 e. The quantitative estimate of drug-likeness (QED) is 0.922. The van der Waals surface area contributed by atoms with Crippen molar-refractivity contribution >= 4 is 5.91 Å². The third-order valence-corrected chi connectivity index (χ3v) is 4.46. The minimum atomic E-state index is 0.0870. The highest BCUT2D eigenvalue weighted by atomic mass is 16.5. The molecule has 1 N–H and O–H groups in total. The van der Waals surface area contributed by atoms with Gasteiger partial charge >= 0.3 is 0 Å². The molecule has 0 radical (unpaired) electrons. The number of hydrogen-bond donors (Lipinski definition) is 1. The number of para-hydroxylation sites is 1. The van der Waals surface area contributed by atoms with E-state index in [0.29, 0.717) is 12.8 Å². The summed E-state index contributed by atoms with van der Waals surface area (Å²) < 4.78 is 5.36. The Bertz CT molecular complexity index is 639. The van der Waals surface area contributed by atoms with Gasteiger partial charge in [0.15, 0.2) is 0 Å². The van der Waals surface area contributed by atoms with Crippen LogP contribution in [-0.2, 0) is 11.2 Å². The monoisotopic (exact) mass is 313 g/mol. The van der Waals surface area contributed by atoms with Crippen LogP contribution in [0, 0.1) is 0 Å². The summed E-state index contributed by atoms with van der Waals surface area (Å²) in [6.45, 7) is 0.816. The van der Waals surface area contributed by atoms with Crippen LogP contribution in [0.5, 0.6) is 5.75 Å². The number of aromatic nitrogens is 2. The highest BCUT2D eigenvalue weighted by molar-refractivity contribution is 5.77. The first-order chi connectivity index (χ1) is 11.3. The number of imidazole rings is 1. The van der Waals surface area contributed by atoms with Crippen LogP contribution in [0.25, 0.3) is 0 Å². The average molecular weight is 313 g/mol. The number of amides is 1. The molecule has 5 nitrogen and oxygen atoms in total. The van der Waals surface area contributed by atoms with E-state index in [1.807, 2.05) is 35.4 Å². The Morgan fingerprint density at radius 3 is 3.04 bits per heavy atom. The summed E-state index contributed by atoms with van der Waals surface area (Å²) >= 11 is 0. The van der Waals surface area contributed by atoms with Crippen molar-refractivity contribution in [1.82, 2.24) is 14.9 Å². The number of nitrogens with one attached hydrogen (secondary N) is 1. The molecule has 1 aromatic carbocycles. The van der Waals surface area contributed by atoms with E-state index < -0.39 is 0 Å². The lowest BCUT2D eigenvalue weighted by molar-refractivity contribution is -0.135. The van der Waals surface area contributed by atoms with Crippen LogP contribution in [0.15, 0.2) is 36.7 Å². The zero-order chi connectivity index (χ0) is 16.1. The summed E-state index contributed by atoms with van der Waals surface area (Å²) in [7, 11) is 1.66. The lowest BCUT2D eigenvalue weighted by atomic mass is 10.00. The maximum absolute atomic E-state index is 12.7. The van der Waals surface area contributed by atoms with Crippen molar-refractivity contribution in [1.29, 1.82) is 0 Å². The fraction of sp³-hybridized carbons (Fsp3) is 0.444. The lowest BCUT2D eigenvalue weighted by Gasteiger charge is -2.34. The van der Waals surface area contributed by atoms with Gasteiger partial charge in [0.1, 0.15) is 11.6 Å². The molecule has 2 aromatic rings. The number of carbonyl (C=O) groups is 1. The molecule has 1 saturated heterocycles. The molecule has 2 heterocycles. The van der Waals surface area contributed by atoms with Crippen LogP contribution in [0.2, 0.25) is 0 Å². The summed E-state index contributed by atoms with van der Waals surface area (Å²) in [4.78, 5) is 22.2. The number of piperidine rings is 1. The molecule has 0 aliphatic carbocycles. The number of aryl methyl sites for hydroxylation is 1. The topological polar surface area (TPSA) is 58.2 Å².